The van der Waals surface area contributed by atoms with Crippen LogP contribution in [0.1, 0.15) is 33.3 Å². The number of para-hydroxylation sites is 1. The first-order valence-electron chi connectivity index (χ1n) is 7.85. The van der Waals surface area contributed by atoms with Gasteiger partial charge in [0.15, 0.2) is 0 Å². The van der Waals surface area contributed by atoms with Crippen LogP contribution in [0.15, 0.2) is 24.3 Å². The maximum Gasteiger partial charge on any atom is 0.239 e. The van der Waals surface area contributed by atoms with Gasteiger partial charge in [0.05, 0.1) is 18.7 Å². The van der Waals surface area contributed by atoms with E-state index in [4.69, 9.17) is 10.5 Å². The van der Waals surface area contributed by atoms with E-state index in [1.165, 1.54) is 0 Å². The quantitative estimate of drug-likeness (QED) is 0.670. The lowest BCUT2D eigenvalue weighted by Gasteiger charge is -2.16. The Hall–Kier alpha value is -2.08. The van der Waals surface area contributed by atoms with E-state index < -0.39 is 6.04 Å². The Bertz CT molecular complexity index is 530. The molecule has 0 radical (unpaired) electrons. The Morgan fingerprint density at radius 2 is 1.78 bits per heavy atom. The molecule has 1 rings (SSSR count). The Morgan fingerprint density at radius 1 is 1.13 bits per heavy atom. The van der Waals surface area contributed by atoms with Crippen LogP contribution in [-0.2, 0) is 16.1 Å². The highest BCUT2D eigenvalue weighted by molar-refractivity contribution is 5.87. The number of hydrogen-bond acceptors (Lipinski definition) is 4. The molecule has 0 aromatic heterocycles. The molecule has 128 valence electrons. The van der Waals surface area contributed by atoms with Crippen LogP contribution in [0.4, 0.5) is 0 Å². The summed E-state index contributed by atoms with van der Waals surface area (Å²) in [5.74, 6) is 0.180. The Kier molecular flexibility index (Phi) is 7.54. The molecule has 0 saturated carbocycles. The number of carbonyl (C=O) groups excluding carboxylic acids is 2. The van der Waals surface area contributed by atoms with Crippen molar-refractivity contribution < 1.29 is 14.3 Å². The van der Waals surface area contributed by atoms with Crippen LogP contribution in [0.5, 0.6) is 5.75 Å². The average molecular weight is 321 g/mol. The van der Waals surface area contributed by atoms with Gasteiger partial charge in [-0.05, 0) is 25.8 Å². The van der Waals surface area contributed by atoms with E-state index in [-0.39, 0.29) is 30.4 Å². The summed E-state index contributed by atoms with van der Waals surface area (Å²) in [6.45, 7) is 7.86. The van der Waals surface area contributed by atoms with Crippen molar-refractivity contribution in [2.24, 2.45) is 11.7 Å². The highest BCUT2D eigenvalue weighted by atomic mass is 16.5. The maximum absolute atomic E-state index is 11.8. The van der Waals surface area contributed by atoms with Crippen LogP contribution in [0.3, 0.4) is 0 Å². The highest BCUT2D eigenvalue weighted by Crippen LogP contribution is 2.18. The molecule has 2 amide bonds. The van der Waals surface area contributed by atoms with Crippen LogP contribution in [0, 0.1) is 5.92 Å². The number of amides is 2. The molecular weight excluding hydrogens is 294 g/mol. The van der Waals surface area contributed by atoms with Gasteiger partial charge in [-0.25, -0.2) is 0 Å². The number of carbonyl (C=O) groups is 2. The fourth-order valence-electron chi connectivity index (χ4n) is 1.86. The minimum atomic E-state index is -0.608. The second-order valence-electron chi connectivity index (χ2n) is 6.04. The van der Waals surface area contributed by atoms with E-state index in [9.17, 15) is 9.59 Å². The molecule has 1 aromatic rings. The molecule has 0 spiro atoms. The SMILES string of the molecule is CC(C)Oc1ccccc1CNC(=O)CNC(=O)[C@@H](N)C(C)C. The monoisotopic (exact) mass is 321 g/mol. The van der Waals surface area contributed by atoms with Gasteiger partial charge >= 0.3 is 0 Å². The lowest BCUT2D eigenvalue weighted by atomic mass is 10.1. The van der Waals surface area contributed by atoms with Crippen molar-refractivity contribution in [1.29, 1.82) is 0 Å². The van der Waals surface area contributed by atoms with Gasteiger partial charge in [-0.15, -0.1) is 0 Å². The summed E-state index contributed by atoms with van der Waals surface area (Å²) >= 11 is 0. The first kappa shape index (κ1) is 19.0. The molecule has 0 unspecified atom stereocenters. The maximum atomic E-state index is 11.8. The minimum absolute atomic E-state index is 0.0260. The molecule has 0 heterocycles. The zero-order chi connectivity index (χ0) is 17.4. The number of benzene rings is 1. The zero-order valence-corrected chi connectivity index (χ0v) is 14.3. The van der Waals surface area contributed by atoms with E-state index in [2.05, 4.69) is 10.6 Å². The first-order valence-corrected chi connectivity index (χ1v) is 7.85. The third kappa shape index (κ3) is 6.69. The van der Waals surface area contributed by atoms with E-state index in [1.54, 1.807) is 0 Å². The molecular formula is C17H27N3O3. The van der Waals surface area contributed by atoms with E-state index in [1.807, 2.05) is 52.0 Å². The van der Waals surface area contributed by atoms with Crippen LogP contribution in [-0.4, -0.2) is 30.5 Å². The minimum Gasteiger partial charge on any atom is -0.491 e. The topological polar surface area (TPSA) is 93.5 Å². The van der Waals surface area contributed by atoms with Crippen molar-refractivity contribution in [2.75, 3.05) is 6.54 Å². The Morgan fingerprint density at radius 3 is 2.39 bits per heavy atom. The molecule has 1 aromatic carbocycles. The van der Waals surface area contributed by atoms with Crippen molar-refractivity contribution in [1.82, 2.24) is 10.6 Å². The lowest BCUT2D eigenvalue weighted by Crippen LogP contribution is -2.47. The summed E-state index contributed by atoms with van der Waals surface area (Å²) in [6.07, 6.45) is 0.0589. The number of nitrogens with one attached hydrogen (secondary N) is 2. The third-order valence-electron chi connectivity index (χ3n) is 3.26. The molecule has 0 aliphatic heterocycles. The van der Waals surface area contributed by atoms with Crippen LogP contribution < -0.4 is 21.1 Å². The Labute approximate surface area is 137 Å². The summed E-state index contributed by atoms with van der Waals surface area (Å²) in [4.78, 5) is 23.5. The standard InChI is InChI=1S/C17H27N3O3/c1-11(2)16(18)17(22)20-10-15(21)19-9-13-7-5-6-8-14(13)23-12(3)4/h5-8,11-12,16H,9-10,18H2,1-4H3,(H,19,21)(H,20,22)/t16-/m0/s1. The fraction of sp³-hybridized carbons (Fsp3) is 0.529. The van der Waals surface area contributed by atoms with Crippen molar-refractivity contribution in [2.45, 2.75) is 46.4 Å². The summed E-state index contributed by atoms with van der Waals surface area (Å²) in [5, 5.41) is 5.30. The molecule has 0 aliphatic carbocycles. The molecule has 6 heteroatoms. The van der Waals surface area contributed by atoms with Crippen LogP contribution >= 0.6 is 0 Å². The van der Waals surface area contributed by atoms with Crippen molar-refractivity contribution >= 4 is 11.8 Å². The summed E-state index contributed by atoms with van der Waals surface area (Å²) < 4.78 is 5.70. The molecule has 6 nitrogen and oxygen atoms in total. The molecule has 1 atom stereocenters. The van der Waals surface area contributed by atoms with Gasteiger partial charge in [-0.2, -0.15) is 0 Å². The zero-order valence-electron chi connectivity index (χ0n) is 14.3. The average Bonchev–Trinajstić information content (AvgIpc) is 2.50. The van der Waals surface area contributed by atoms with Gasteiger partial charge in [0.1, 0.15) is 5.75 Å². The summed E-state index contributed by atoms with van der Waals surface area (Å²) in [6, 6.07) is 6.92. The van der Waals surface area contributed by atoms with E-state index in [0.717, 1.165) is 11.3 Å². The first-order chi connectivity index (χ1) is 10.8. The predicted octanol–water partition coefficient (Wildman–Crippen LogP) is 1.19. The normalized spacial score (nSPS) is 12.1. The van der Waals surface area contributed by atoms with E-state index in [0.29, 0.717) is 6.54 Å². The van der Waals surface area contributed by atoms with Crippen LogP contribution in [0.2, 0.25) is 0 Å². The Balaban J connectivity index is 2.46. The van der Waals surface area contributed by atoms with Crippen molar-refractivity contribution in [3.8, 4) is 5.75 Å². The van der Waals surface area contributed by atoms with Gasteiger partial charge < -0.3 is 21.1 Å². The molecule has 0 aliphatic rings. The second-order valence-corrected chi connectivity index (χ2v) is 6.04. The molecule has 0 bridgehead atoms. The number of hydrogen-bond donors (Lipinski definition) is 3. The molecule has 0 saturated heterocycles. The van der Waals surface area contributed by atoms with Gasteiger partial charge in [-0.1, -0.05) is 32.0 Å². The fourth-order valence-corrected chi connectivity index (χ4v) is 1.86. The van der Waals surface area contributed by atoms with Crippen molar-refractivity contribution in [3.05, 3.63) is 29.8 Å². The largest absolute Gasteiger partial charge is 0.491 e. The molecule has 4 N–H and O–H groups in total. The summed E-state index contributed by atoms with van der Waals surface area (Å²) in [5.41, 5.74) is 6.61. The number of ether oxygens (including phenoxy) is 1. The molecule has 23 heavy (non-hydrogen) atoms. The van der Waals surface area contributed by atoms with Gasteiger partial charge in [0.25, 0.3) is 0 Å². The van der Waals surface area contributed by atoms with Gasteiger partial charge in [-0.3, -0.25) is 9.59 Å². The van der Waals surface area contributed by atoms with Crippen molar-refractivity contribution in [3.63, 3.8) is 0 Å². The van der Waals surface area contributed by atoms with Crippen LogP contribution in [0.25, 0.3) is 0 Å². The highest BCUT2D eigenvalue weighted by Gasteiger charge is 2.17. The number of nitrogens with two attached hydrogens (primary N) is 1. The van der Waals surface area contributed by atoms with E-state index >= 15 is 0 Å². The molecule has 0 fully saturated rings. The summed E-state index contributed by atoms with van der Waals surface area (Å²) in [7, 11) is 0. The number of rotatable bonds is 8. The second kappa shape index (κ2) is 9.15. The van der Waals surface area contributed by atoms with Gasteiger partial charge in [0.2, 0.25) is 11.8 Å². The smallest absolute Gasteiger partial charge is 0.239 e. The third-order valence-corrected chi connectivity index (χ3v) is 3.26. The predicted molar refractivity (Wildman–Crippen MR) is 89.9 cm³/mol. The lowest BCUT2D eigenvalue weighted by molar-refractivity contribution is -0.127. The van der Waals surface area contributed by atoms with Gasteiger partial charge in [0, 0.05) is 12.1 Å².